The molecule has 2 N–H and O–H groups in total. The van der Waals surface area contributed by atoms with Gasteiger partial charge in [0.05, 0.1) is 10.5 Å². The summed E-state index contributed by atoms with van der Waals surface area (Å²) < 4.78 is 32.3. The van der Waals surface area contributed by atoms with E-state index >= 15 is 0 Å². The number of carbonyl (C=O) groups is 2. The minimum Gasteiger partial charge on any atom is -0.483 e. The SMILES string of the molecule is CC1CCN(C(=O)COc2ccc(S(=O)(=O)N3CCCC3)cc2C(N)=O)CC1. The fraction of sp³-hybridized carbons (Fsp3) is 0.579. The maximum Gasteiger partial charge on any atom is 0.260 e. The number of nitrogens with two attached hydrogens (primary N) is 1. The molecule has 1 aromatic carbocycles. The van der Waals surface area contributed by atoms with Gasteiger partial charge in [-0.15, -0.1) is 0 Å². The smallest absolute Gasteiger partial charge is 0.260 e. The molecule has 154 valence electrons. The number of hydrogen-bond acceptors (Lipinski definition) is 5. The summed E-state index contributed by atoms with van der Waals surface area (Å²) in [5.41, 5.74) is 5.38. The Balaban J connectivity index is 1.73. The molecule has 0 aromatic heterocycles. The summed E-state index contributed by atoms with van der Waals surface area (Å²) >= 11 is 0. The monoisotopic (exact) mass is 409 g/mol. The van der Waals surface area contributed by atoms with E-state index in [4.69, 9.17) is 10.5 Å². The summed E-state index contributed by atoms with van der Waals surface area (Å²) in [6.07, 6.45) is 3.56. The number of piperidine rings is 1. The Kier molecular flexibility index (Phi) is 6.24. The number of likely N-dealkylation sites (tertiary alicyclic amines) is 1. The molecule has 0 atom stereocenters. The second-order valence-electron chi connectivity index (χ2n) is 7.49. The molecule has 2 heterocycles. The molecule has 3 rings (SSSR count). The van der Waals surface area contributed by atoms with Gasteiger partial charge in [-0.1, -0.05) is 6.92 Å². The number of rotatable bonds is 6. The van der Waals surface area contributed by atoms with Crippen molar-refractivity contribution >= 4 is 21.8 Å². The topological polar surface area (TPSA) is 110 Å². The summed E-state index contributed by atoms with van der Waals surface area (Å²) in [5, 5.41) is 0. The van der Waals surface area contributed by atoms with E-state index < -0.39 is 15.9 Å². The van der Waals surface area contributed by atoms with Crippen LogP contribution >= 0.6 is 0 Å². The Morgan fingerprint density at radius 2 is 1.79 bits per heavy atom. The maximum absolute atomic E-state index is 12.7. The number of ether oxygens (including phenoxy) is 1. The van der Waals surface area contributed by atoms with Gasteiger partial charge in [-0.25, -0.2) is 8.42 Å². The second-order valence-corrected chi connectivity index (χ2v) is 9.42. The average Bonchev–Trinajstić information content (AvgIpc) is 3.22. The third-order valence-electron chi connectivity index (χ3n) is 5.41. The van der Waals surface area contributed by atoms with E-state index in [0.29, 0.717) is 32.1 Å². The van der Waals surface area contributed by atoms with E-state index in [1.807, 2.05) is 0 Å². The van der Waals surface area contributed by atoms with E-state index in [1.54, 1.807) is 4.90 Å². The van der Waals surface area contributed by atoms with Crippen molar-refractivity contribution in [3.05, 3.63) is 23.8 Å². The molecule has 0 radical (unpaired) electrons. The van der Waals surface area contributed by atoms with Crippen molar-refractivity contribution < 1.29 is 22.7 Å². The zero-order valence-corrected chi connectivity index (χ0v) is 16.9. The lowest BCUT2D eigenvalue weighted by Gasteiger charge is -2.30. The summed E-state index contributed by atoms with van der Waals surface area (Å²) in [6.45, 7) is 4.27. The number of amides is 2. The highest BCUT2D eigenvalue weighted by Crippen LogP contribution is 2.26. The van der Waals surface area contributed by atoms with Gasteiger partial charge in [0.1, 0.15) is 5.75 Å². The Morgan fingerprint density at radius 1 is 1.14 bits per heavy atom. The number of nitrogens with zero attached hydrogens (tertiary/aromatic N) is 2. The van der Waals surface area contributed by atoms with Crippen LogP contribution in [-0.4, -0.2) is 62.2 Å². The van der Waals surface area contributed by atoms with Crippen LogP contribution in [0.2, 0.25) is 0 Å². The van der Waals surface area contributed by atoms with Gasteiger partial charge in [-0.3, -0.25) is 9.59 Å². The number of hydrogen-bond donors (Lipinski definition) is 1. The first-order valence-corrected chi connectivity index (χ1v) is 11.1. The van der Waals surface area contributed by atoms with Gasteiger partial charge < -0.3 is 15.4 Å². The van der Waals surface area contributed by atoms with Crippen molar-refractivity contribution in [3.8, 4) is 5.75 Å². The van der Waals surface area contributed by atoms with Gasteiger partial charge in [-0.05, 0) is 49.8 Å². The summed E-state index contributed by atoms with van der Waals surface area (Å²) in [5.74, 6) is -0.230. The predicted molar refractivity (Wildman–Crippen MR) is 103 cm³/mol. The summed E-state index contributed by atoms with van der Waals surface area (Å²) in [4.78, 5) is 25.9. The fourth-order valence-corrected chi connectivity index (χ4v) is 5.10. The van der Waals surface area contributed by atoms with Crippen LogP contribution in [0.4, 0.5) is 0 Å². The lowest BCUT2D eigenvalue weighted by atomic mass is 9.99. The molecule has 2 saturated heterocycles. The molecule has 8 nitrogen and oxygen atoms in total. The molecule has 2 amide bonds. The van der Waals surface area contributed by atoms with Gasteiger partial charge >= 0.3 is 0 Å². The lowest BCUT2D eigenvalue weighted by molar-refractivity contribution is -0.134. The van der Waals surface area contributed by atoms with Crippen LogP contribution in [0.3, 0.4) is 0 Å². The van der Waals surface area contributed by atoms with Crippen molar-refractivity contribution in [3.63, 3.8) is 0 Å². The van der Waals surface area contributed by atoms with E-state index in [0.717, 1.165) is 25.7 Å². The first-order valence-electron chi connectivity index (χ1n) is 9.63. The molecule has 2 aliphatic rings. The van der Waals surface area contributed by atoms with Crippen LogP contribution in [-0.2, 0) is 14.8 Å². The highest BCUT2D eigenvalue weighted by molar-refractivity contribution is 7.89. The minimum atomic E-state index is -3.67. The maximum atomic E-state index is 12.7. The third-order valence-corrected chi connectivity index (χ3v) is 7.30. The molecule has 0 saturated carbocycles. The van der Waals surface area contributed by atoms with E-state index in [1.165, 1.54) is 22.5 Å². The first-order chi connectivity index (χ1) is 13.3. The van der Waals surface area contributed by atoms with Crippen LogP contribution in [0.5, 0.6) is 5.75 Å². The average molecular weight is 410 g/mol. The van der Waals surface area contributed by atoms with Crippen molar-refractivity contribution in [2.75, 3.05) is 32.8 Å². The fourth-order valence-electron chi connectivity index (χ4n) is 3.55. The lowest BCUT2D eigenvalue weighted by Crippen LogP contribution is -2.40. The number of sulfonamides is 1. The minimum absolute atomic E-state index is 0.00638. The summed E-state index contributed by atoms with van der Waals surface area (Å²) in [6, 6.07) is 4.02. The third kappa shape index (κ3) is 4.47. The Bertz CT molecular complexity index is 841. The van der Waals surface area contributed by atoms with Crippen molar-refractivity contribution in [2.24, 2.45) is 11.7 Å². The molecule has 9 heteroatoms. The largest absolute Gasteiger partial charge is 0.483 e. The molecular formula is C19H27N3O5S. The van der Waals surface area contributed by atoms with Gasteiger partial charge in [0, 0.05) is 26.2 Å². The van der Waals surface area contributed by atoms with Crippen LogP contribution in [0, 0.1) is 5.92 Å². The molecular weight excluding hydrogens is 382 g/mol. The Labute approximate surface area is 165 Å². The molecule has 1 aromatic rings. The molecule has 2 fully saturated rings. The molecule has 0 bridgehead atoms. The summed E-state index contributed by atoms with van der Waals surface area (Å²) in [7, 11) is -3.67. The Morgan fingerprint density at radius 3 is 2.39 bits per heavy atom. The van der Waals surface area contributed by atoms with E-state index in [-0.39, 0.29) is 28.7 Å². The van der Waals surface area contributed by atoms with Gasteiger partial charge in [-0.2, -0.15) is 4.31 Å². The number of primary amides is 1. The van der Waals surface area contributed by atoms with Crippen LogP contribution in [0.1, 0.15) is 43.0 Å². The molecule has 28 heavy (non-hydrogen) atoms. The second kappa shape index (κ2) is 8.48. The van der Waals surface area contributed by atoms with Gasteiger partial charge in [0.2, 0.25) is 10.0 Å². The quantitative estimate of drug-likeness (QED) is 0.759. The van der Waals surface area contributed by atoms with Crippen molar-refractivity contribution in [1.82, 2.24) is 9.21 Å². The first kappa shape index (κ1) is 20.6. The zero-order valence-electron chi connectivity index (χ0n) is 16.1. The molecule has 2 aliphatic heterocycles. The van der Waals surface area contributed by atoms with Crippen LogP contribution in [0.25, 0.3) is 0 Å². The van der Waals surface area contributed by atoms with E-state index in [2.05, 4.69) is 6.92 Å². The standard InChI is InChI=1S/C19H27N3O5S/c1-14-6-10-21(11-7-14)18(23)13-27-17-5-4-15(12-16(17)19(20)24)28(25,26)22-8-2-3-9-22/h4-5,12,14H,2-3,6-11,13H2,1H3,(H2,20,24). The number of carbonyl (C=O) groups excluding carboxylic acids is 2. The van der Waals surface area contributed by atoms with E-state index in [9.17, 15) is 18.0 Å². The van der Waals surface area contributed by atoms with Gasteiger partial charge in [0.15, 0.2) is 6.61 Å². The van der Waals surface area contributed by atoms with Gasteiger partial charge in [0.25, 0.3) is 11.8 Å². The highest BCUT2D eigenvalue weighted by Gasteiger charge is 2.28. The van der Waals surface area contributed by atoms with Crippen molar-refractivity contribution in [2.45, 2.75) is 37.5 Å². The van der Waals surface area contributed by atoms with Crippen LogP contribution < -0.4 is 10.5 Å². The molecule has 0 spiro atoms. The van der Waals surface area contributed by atoms with Crippen LogP contribution in [0.15, 0.2) is 23.1 Å². The molecule has 0 unspecified atom stereocenters. The van der Waals surface area contributed by atoms with Crippen molar-refractivity contribution in [1.29, 1.82) is 0 Å². The predicted octanol–water partition coefficient (Wildman–Crippen LogP) is 1.21. The normalized spacial score (nSPS) is 19.0. The highest BCUT2D eigenvalue weighted by atomic mass is 32.2. The zero-order chi connectivity index (χ0) is 20.3. The number of benzene rings is 1. The Hall–Kier alpha value is -2.13. The molecule has 0 aliphatic carbocycles.